The lowest BCUT2D eigenvalue weighted by Crippen LogP contribution is -3.00. The van der Waals surface area contributed by atoms with Crippen LogP contribution in [0.4, 0.5) is 0 Å². The predicted octanol–water partition coefficient (Wildman–Crippen LogP) is 1.40. The molecule has 1 aromatic carbocycles. The first-order chi connectivity index (χ1) is 38.9. The van der Waals surface area contributed by atoms with Gasteiger partial charge in [0.25, 0.3) is 0 Å². The molecule has 5 atom stereocenters. The van der Waals surface area contributed by atoms with Crippen LogP contribution in [0, 0.1) is 0 Å². The SMILES string of the molecule is CC(=O)OC[C@H]1O[C@@H](Oc2ccc(-c3c4nc(c(-c5cc[n+](C(C)C)cc5)c5ccc([nH]5)c(-c5cc[n+](C(C)C)cc5)c5nc(c(-c6cc[n+](C(C)C)cc6)c6ccc3[nH]6)C=C5)C=C4)cc2)[C@H](OC(C)=O)[C@@H](OC(C)=O)[C@@H]1OC(C)=O.[I-].[I-].[I-]. The van der Waals surface area contributed by atoms with E-state index in [1.54, 1.807) is 12.1 Å². The van der Waals surface area contributed by atoms with E-state index in [2.05, 4.69) is 175 Å². The highest BCUT2D eigenvalue weighted by atomic mass is 127. The van der Waals surface area contributed by atoms with E-state index in [0.717, 1.165) is 83.7 Å². The molecule has 17 nitrogen and oxygen atoms in total. The molecule has 0 aliphatic carbocycles. The number of fused-ring (bicyclic) bond motifs is 8. The van der Waals surface area contributed by atoms with E-state index in [-0.39, 0.29) is 95.8 Å². The zero-order chi connectivity index (χ0) is 57.2. The van der Waals surface area contributed by atoms with Gasteiger partial charge in [0.05, 0.1) is 22.8 Å². The van der Waals surface area contributed by atoms with Gasteiger partial charge in [-0.2, -0.15) is 0 Å². The third-order valence-corrected chi connectivity index (χ3v) is 14.3. The highest BCUT2D eigenvalue weighted by Gasteiger charge is 2.53. The summed E-state index contributed by atoms with van der Waals surface area (Å²) in [5.74, 6) is -2.58. The van der Waals surface area contributed by atoms with Crippen molar-refractivity contribution >= 4 is 70.2 Å². The molecular weight excluding hydrogens is 1410 g/mol. The van der Waals surface area contributed by atoms with Crippen LogP contribution in [-0.2, 0) is 42.9 Å². The molecule has 3 aliphatic rings. The van der Waals surface area contributed by atoms with Gasteiger partial charge in [0, 0.05) is 108 Å². The van der Waals surface area contributed by atoms with Gasteiger partial charge in [-0.05, 0) is 124 Å². The van der Waals surface area contributed by atoms with Crippen molar-refractivity contribution < 1.29 is 133 Å². The molecule has 6 aromatic heterocycles. The molecule has 8 bridgehead atoms. The molecule has 0 unspecified atom stereocenters. The van der Waals surface area contributed by atoms with Gasteiger partial charge < -0.3 is 110 Å². The molecule has 3 aliphatic heterocycles. The summed E-state index contributed by atoms with van der Waals surface area (Å²) in [6.07, 6.45) is 14.0. The predicted molar refractivity (Wildman–Crippen MR) is 305 cm³/mol. The molecule has 0 radical (unpaired) electrons. The van der Waals surface area contributed by atoms with E-state index in [4.69, 9.17) is 38.4 Å². The smallest absolute Gasteiger partial charge is 0.303 e. The van der Waals surface area contributed by atoms with Crippen molar-refractivity contribution in [3.05, 3.63) is 145 Å². The number of nitrogens with zero attached hydrogens (tertiary/aromatic N) is 5. The average molecular weight is 1470 g/mol. The fraction of sp³-hybridized carbons (Fsp3) is 0.297. The van der Waals surface area contributed by atoms with Gasteiger partial charge in [0.15, 0.2) is 67.5 Å². The van der Waals surface area contributed by atoms with Crippen LogP contribution in [0.1, 0.15) is 110 Å². The summed E-state index contributed by atoms with van der Waals surface area (Å²) in [6.45, 7) is 17.2. The van der Waals surface area contributed by atoms with Crippen molar-refractivity contribution in [2.75, 3.05) is 6.61 Å². The fourth-order valence-corrected chi connectivity index (χ4v) is 10.4. The third kappa shape index (κ3) is 14.3. The Kier molecular flexibility index (Phi) is 21.5. The van der Waals surface area contributed by atoms with Crippen LogP contribution >= 0.6 is 0 Å². The molecule has 9 heterocycles. The van der Waals surface area contributed by atoms with E-state index in [1.807, 2.05) is 24.3 Å². The van der Waals surface area contributed by atoms with Crippen molar-refractivity contribution in [3.63, 3.8) is 0 Å². The van der Waals surface area contributed by atoms with E-state index in [0.29, 0.717) is 5.69 Å². The number of esters is 4. The Morgan fingerprint density at radius 3 is 1.10 bits per heavy atom. The number of carbonyl (C=O) groups excluding carboxylic acids is 4. The third-order valence-electron chi connectivity index (χ3n) is 14.3. The molecule has 0 spiro atoms. The number of aromatic amines is 2. The molecule has 1 fully saturated rings. The molecule has 20 heteroatoms. The number of benzene rings is 1. The fourth-order valence-electron chi connectivity index (χ4n) is 10.4. The number of rotatable bonds is 14. The largest absolute Gasteiger partial charge is 1.00 e. The van der Waals surface area contributed by atoms with Crippen molar-refractivity contribution in [1.82, 2.24) is 19.9 Å². The number of aromatic nitrogens is 7. The van der Waals surface area contributed by atoms with Gasteiger partial charge >= 0.3 is 23.9 Å². The molecule has 0 amide bonds. The topological polar surface area (TPSA) is 193 Å². The molecule has 84 heavy (non-hydrogen) atoms. The Labute approximate surface area is 538 Å². The van der Waals surface area contributed by atoms with Crippen LogP contribution < -0.4 is 90.4 Å². The monoisotopic (exact) mass is 1470 g/mol. The van der Waals surface area contributed by atoms with Gasteiger partial charge in [0.2, 0.25) is 12.4 Å². The number of halogens is 3. The Hall–Kier alpha value is -6.90. The highest BCUT2D eigenvalue weighted by Crippen LogP contribution is 2.39. The maximum atomic E-state index is 12.6. The molecule has 10 rings (SSSR count). The van der Waals surface area contributed by atoms with Crippen molar-refractivity contribution in [1.29, 1.82) is 0 Å². The summed E-state index contributed by atoms with van der Waals surface area (Å²) < 4.78 is 41.5. The zero-order valence-corrected chi connectivity index (χ0v) is 54.6. The first-order valence-electron chi connectivity index (χ1n) is 27.2. The van der Waals surface area contributed by atoms with E-state index < -0.39 is 61.2 Å². The zero-order valence-electron chi connectivity index (χ0n) is 48.1. The molecule has 2 N–H and O–H groups in total. The van der Waals surface area contributed by atoms with Crippen LogP contribution in [0.5, 0.6) is 5.75 Å². The first-order valence-corrected chi connectivity index (χ1v) is 27.2. The maximum Gasteiger partial charge on any atom is 0.303 e. The lowest BCUT2D eigenvalue weighted by Gasteiger charge is -2.43. The van der Waals surface area contributed by atoms with Gasteiger partial charge in [0.1, 0.15) is 18.5 Å². The number of carbonyl (C=O) groups is 4. The second-order valence-corrected chi connectivity index (χ2v) is 21.1. The maximum absolute atomic E-state index is 12.6. The second-order valence-electron chi connectivity index (χ2n) is 21.1. The van der Waals surface area contributed by atoms with Crippen molar-refractivity contribution in [3.8, 4) is 50.3 Å². The molecule has 1 saturated heterocycles. The lowest BCUT2D eigenvalue weighted by molar-refractivity contribution is -0.716. The molecular formula is C64H66I3N7O10. The number of ether oxygens (including phenoxy) is 6. The molecule has 438 valence electrons. The highest BCUT2D eigenvalue weighted by molar-refractivity contribution is 5.99. The van der Waals surface area contributed by atoms with Gasteiger partial charge in [-0.3, -0.25) is 19.2 Å². The minimum absolute atomic E-state index is 0. The van der Waals surface area contributed by atoms with Gasteiger partial charge in [-0.15, -0.1) is 0 Å². The van der Waals surface area contributed by atoms with E-state index in [1.165, 1.54) is 27.7 Å². The van der Waals surface area contributed by atoms with Crippen LogP contribution in [0.25, 0.3) is 90.9 Å². The summed E-state index contributed by atoms with van der Waals surface area (Å²) >= 11 is 0. The number of H-pyrrole nitrogens is 2. The Morgan fingerprint density at radius 2 is 0.774 bits per heavy atom. The normalized spacial score (nSPS) is 16.9. The van der Waals surface area contributed by atoms with Crippen LogP contribution in [0.2, 0.25) is 0 Å². The van der Waals surface area contributed by atoms with Crippen molar-refractivity contribution in [2.45, 2.75) is 118 Å². The Bertz CT molecular complexity index is 3740. The number of pyridine rings is 3. The van der Waals surface area contributed by atoms with Crippen LogP contribution in [0.3, 0.4) is 0 Å². The number of hydrogen-bond acceptors (Lipinski definition) is 12. The first kappa shape index (κ1) is 64.7. The summed E-state index contributed by atoms with van der Waals surface area (Å²) in [5.41, 5.74) is 13.6. The van der Waals surface area contributed by atoms with Crippen LogP contribution in [-0.4, -0.2) is 81.1 Å². The lowest BCUT2D eigenvalue weighted by atomic mass is 9.98. The summed E-state index contributed by atoms with van der Waals surface area (Å²) in [4.78, 5) is 68.3. The number of hydrogen-bond donors (Lipinski definition) is 2. The van der Waals surface area contributed by atoms with E-state index in [9.17, 15) is 19.2 Å². The molecule has 7 aromatic rings. The minimum Gasteiger partial charge on any atom is -1.00 e. The van der Waals surface area contributed by atoms with Crippen LogP contribution in [0.15, 0.2) is 122 Å². The Balaban J connectivity index is 0.00000337. The summed E-state index contributed by atoms with van der Waals surface area (Å²) in [5, 5.41) is 0. The Morgan fingerprint density at radius 1 is 0.452 bits per heavy atom. The number of nitrogens with one attached hydrogen (secondary N) is 2. The van der Waals surface area contributed by atoms with E-state index >= 15 is 0 Å². The quantitative estimate of drug-likeness (QED) is 0.0690. The second kappa shape index (κ2) is 27.9. The summed E-state index contributed by atoms with van der Waals surface area (Å²) in [7, 11) is 0. The summed E-state index contributed by atoms with van der Waals surface area (Å²) in [6, 6.07) is 29.2. The van der Waals surface area contributed by atoms with Gasteiger partial charge in [-0.25, -0.2) is 23.7 Å². The standard InChI is InChI=1S/C64H65N7O10.3HI/c1-36(2)69-29-23-44(24-30-69)58-50-17-15-48(65-50)57(43-11-13-47(14-12-43)80-64-63(79-42(10)75)62(78-41(9)74)61(77-40(8)73)56(81-64)35-76-39(7)72)49-16-18-51(66-49)59(45-25-31-70(32-26-45)37(3)4)53-20-22-55(68-53)60(54-21-19-52(58)67-54)46-27-33-71(34-28-46)38(5)6;;;/h11-34,36-38,56,61-64H,35H2,1-10H3,(H,65,66,67,68);3*1H/q+2;;;/p-2/t56-,61-,62+,63-,64-;;;/m1.../s1. The minimum atomic E-state index is -1.43. The average Bonchev–Trinajstić information content (AvgIpc) is 2.35. The van der Waals surface area contributed by atoms with Crippen molar-refractivity contribution in [2.24, 2.45) is 0 Å². The molecule has 0 saturated carbocycles. The van der Waals surface area contributed by atoms with Gasteiger partial charge in [-0.1, -0.05) is 12.1 Å².